The Kier molecular flexibility index (Phi) is 6.57. The number of benzene rings is 2. The van der Waals surface area contributed by atoms with Gasteiger partial charge in [-0.1, -0.05) is 42.5 Å². The molecule has 1 atom stereocenters. The maximum atomic E-state index is 12.8. The van der Waals surface area contributed by atoms with Crippen LogP contribution in [0.1, 0.15) is 18.1 Å². The van der Waals surface area contributed by atoms with Crippen LogP contribution in [-0.4, -0.2) is 36.9 Å². The zero-order valence-electron chi connectivity index (χ0n) is 14.9. The van der Waals surface area contributed by atoms with Crippen molar-refractivity contribution in [3.05, 3.63) is 65.7 Å². The first-order valence-corrected chi connectivity index (χ1v) is 8.23. The Balaban J connectivity index is 2.19. The van der Waals surface area contributed by atoms with Gasteiger partial charge in [0, 0.05) is 13.6 Å². The predicted molar refractivity (Wildman–Crippen MR) is 97.2 cm³/mol. The highest BCUT2D eigenvalue weighted by atomic mass is 16.5. The highest BCUT2D eigenvalue weighted by Gasteiger charge is 2.25. The van der Waals surface area contributed by atoms with Gasteiger partial charge in [-0.2, -0.15) is 0 Å². The van der Waals surface area contributed by atoms with E-state index in [9.17, 15) is 9.59 Å². The molecule has 1 N–H and O–H groups in total. The first-order chi connectivity index (χ1) is 12.0. The van der Waals surface area contributed by atoms with Crippen LogP contribution in [0.5, 0.6) is 5.75 Å². The fourth-order valence-corrected chi connectivity index (χ4v) is 2.59. The van der Waals surface area contributed by atoms with Gasteiger partial charge >= 0.3 is 0 Å². The lowest BCUT2D eigenvalue weighted by molar-refractivity contribution is -0.139. The molecule has 0 aliphatic rings. The molecule has 0 unspecified atom stereocenters. The average Bonchev–Trinajstić information content (AvgIpc) is 2.66. The SMILES string of the molecule is CNC(=O)[C@@H](C)N(Cc1ccc(OC)cc1)C(=O)Cc1ccccc1. The number of ether oxygens (including phenoxy) is 1. The van der Waals surface area contributed by atoms with E-state index >= 15 is 0 Å². The lowest BCUT2D eigenvalue weighted by Crippen LogP contribution is -2.47. The number of carbonyl (C=O) groups is 2. The molecule has 25 heavy (non-hydrogen) atoms. The summed E-state index contributed by atoms with van der Waals surface area (Å²) in [7, 11) is 3.18. The minimum Gasteiger partial charge on any atom is -0.497 e. The van der Waals surface area contributed by atoms with Crippen molar-refractivity contribution in [2.45, 2.75) is 25.9 Å². The number of amides is 2. The molecule has 0 bridgehead atoms. The number of nitrogens with one attached hydrogen (secondary N) is 1. The minimum absolute atomic E-state index is 0.0851. The van der Waals surface area contributed by atoms with E-state index in [-0.39, 0.29) is 18.2 Å². The minimum atomic E-state index is -0.552. The van der Waals surface area contributed by atoms with Crippen LogP contribution in [0, 0.1) is 0 Å². The molecule has 2 rings (SSSR count). The average molecular weight is 340 g/mol. The van der Waals surface area contributed by atoms with Gasteiger partial charge in [0.15, 0.2) is 0 Å². The number of likely N-dealkylation sites (N-methyl/N-ethyl adjacent to an activating group) is 1. The molecule has 2 aromatic carbocycles. The lowest BCUT2D eigenvalue weighted by atomic mass is 10.1. The van der Waals surface area contributed by atoms with Crippen LogP contribution >= 0.6 is 0 Å². The summed E-state index contributed by atoms with van der Waals surface area (Å²) < 4.78 is 5.16. The smallest absolute Gasteiger partial charge is 0.242 e. The first kappa shape index (κ1) is 18.5. The van der Waals surface area contributed by atoms with E-state index in [1.807, 2.05) is 54.6 Å². The van der Waals surface area contributed by atoms with E-state index in [1.54, 1.807) is 26.0 Å². The highest BCUT2D eigenvalue weighted by molar-refractivity contribution is 5.88. The molecule has 0 radical (unpaired) electrons. The molecule has 5 nitrogen and oxygen atoms in total. The van der Waals surface area contributed by atoms with Crippen LogP contribution in [-0.2, 0) is 22.6 Å². The van der Waals surface area contributed by atoms with Gasteiger partial charge in [-0.05, 0) is 30.2 Å². The molecule has 0 fully saturated rings. The second-order valence-electron chi connectivity index (χ2n) is 5.82. The standard InChI is InChI=1S/C20H24N2O3/c1-15(20(24)21-2)22(14-17-9-11-18(25-3)12-10-17)19(23)13-16-7-5-4-6-8-16/h4-12,15H,13-14H2,1-3H3,(H,21,24)/t15-/m1/s1. The van der Waals surface area contributed by atoms with E-state index in [2.05, 4.69) is 5.32 Å². The number of methoxy groups -OCH3 is 1. The van der Waals surface area contributed by atoms with E-state index < -0.39 is 6.04 Å². The number of nitrogens with zero attached hydrogens (tertiary/aromatic N) is 1. The molecule has 0 aliphatic carbocycles. The zero-order chi connectivity index (χ0) is 18.2. The van der Waals surface area contributed by atoms with Crippen molar-refractivity contribution in [3.63, 3.8) is 0 Å². The molecule has 0 spiro atoms. The van der Waals surface area contributed by atoms with Gasteiger partial charge in [-0.3, -0.25) is 9.59 Å². The van der Waals surface area contributed by atoms with Gasteiger partial charge in [0.25, 0.3) is 0 Å². The monoisotopic (exact) mass is 340 g/mol. The normalized spacial score (nSPS) is 11.5. The van der Waals surface area contributed by atoms with E-state index in [1.165, 1.54) is 0 Å². The second kappa shape index (κ2) is 8.87. The van der Waals surface area contributed by atoms with Crippen LogP contribution < -0.4 is 10.1 Å². The van der Waals surface area contributed by atoms with Crippen LogP contribution in [0.3, 0.4) is 0 Å². The summed E-state index contributed by atoms with van der Waals surface area (Å²) in [6.07, 6.45) is 0.262. The van der Waals surface area contributed by atoms with E-state index in [0.29, 0.717) is 6.54 Å². The number of hydrogen-bond acceptors (Lipinski definition) is 3. The molecule has 132 valence electrons. The Morgan fingerprint density at radius 1 is 1.04 bits per heavy atom. The lowest BCUT2D eigenvalue weighted by Gasteiger charge is -2.28. The third kappa shape index (κ3) is 5.08. The molecule has 0 heterocycles. The van der Waals surface area contributed by atoms with Gasteiger partial charge in [-0.15, -0.1) is 0 Å². The maximum Gasteiger partial charge on any atom is 0.242 e. The number of hydrogen-bond donors (Lipinski definition) is 1. The van der Waals surface area contributed by atoms with Crippen LogP contribution in [0.15, 0.2) is 54.6 Å². The molecular weight excluding hydrogens is 316 g/mol. The van der Waals surface area contributed by atoms with Crippen LogP contribution in [0.2, 0.25) is 0 Å². The summed E-state index contributed by atoms with van der Waals surface area (Å²) in [5, 5.41) is 2.62. The molecule has 5 heteroatoms. The topological polar surface area (TPSA) is 58.6 Å². The van der Waals surface area contributed by atoms with Crippen molar-refractivity contribution in [1.82, 2.24) is 10.2 Å². The van der Waals surface area contributed by atoms with E-state index in [4.69, 9.17) is 4.74 Å². The second-order valence-corrected chi connectivity index (χ2v) is 5.82. The van der Waals surface area contributed by atoms with E-state index in [0.717, 1.165) is 16.9 Å². The summed E-state index contributed by atoms with van der Waals surface area (Å²) in [5.74, 6) is 0.485. The molecule has 0 saturated heterocycles. The van der Waals surface area contributed by atoms with Crippen molar-refractivity contribution >= 4 is 11.8 Å². The molecule has 2 amide bonds. The molecular formula is C20H24N2O3. The van der Waals surface area contributed by atoms with Gasteiger partial charge < -0.3 is 15.0 Å². The Bertz CT molecular complexity index is 699. The Labute approximate surface area is 148 Å². The van der Waals surface area contributed by atoms with Crippen LogP contribution in [0.25, 0.3) is 0 Å². The number of rotatable bonds is 7. The summed E-state index contributed by atoms with van der Waals surface area (Å²) in [6.45, 7) is 2.11. The van der Waals surface area contributed by atoms with Crippen molar-refractivity contribution in [2.75, 3.05) is 14.2 Å². The quantitative estimate of drug-likeness (QED) is 0.842. The Hall–Kier alpha value is -2.82. The summed E-state index contributed by atoms with van der Waals surface area (Å²) >= 11 is 0. The zero-order valence-corrected chi connectivity index (χ0v) is 14.9. The summed E-state index contributed by atoms with van der Waals surface area (Å²) in [6, 6.07) is 16.5. The third-order valence-corrected chi connectivity index (χ3v) is 4.12. The van der Waals surface area contributed by atoms with Gasteiger partial charge in [-0.25, -0.2) is 0 Å². The fraction of sp³-hybridized carbons (Fsp3) is 0.300. The fourth-order valence-electron chi connectivity index (χ4n) is 2.59. The first-order valence-electron chi connectivity index (χ1n) is 8.23. The van der Waals surface area contributed by atoms with Crippen molar-refractivity contribution in [3.8, 4) is 5.75 Å². The van der Waals surface area contributed by atoms with Crippen molar-refractivity contribution in [1.29, 1.82) is 0 Å². The van der Waals surface area contributed by atoms with Crippen LogP contribution in [0.4, 0.5) is 0 Å². The largest absolute Gasteiger partial charge is 0.497 e. The van der Waals surface area contributed by atoms with Crippen molar-refractivity contribution < 1.29 is 14.3 Å². The van der Waals surface area contributed by atoms with Gasteiger partial charge in [0.1, 0.15) is 11.8 Å². The highest BCUT2D eigenvalue weighted by Crippen LogP contribution is 2.16. The van der Waals surface area contributed by atoms with Crippen molar-refractivity contribution in [2.24, 2.45) is 0 Å². The maximum absolute atomic E-state index is 12.8. The summed E-state index contributed by atoms with van der Waals surface area (Å²) in [4.78, 5) is 26.5. The molecule has 0 saturated carbocycles. The van der Waals surface area contributed by atoms with Gasteiger partial charge in [0.2, 0.25) is 11.8 Å². The Morgan fingerprint density at radius 2 is 1.68 bits per heavy atom. The van der Waals surface area contributed by atoms with Gasteiger partial charge in [0.05, 0.1) is 13.5 Å². The molecule has 0 aliphatic heterocycles. The third-order valence-electron chi connectivity index (χ3n) is 4.12. The molecule has 2 aromatic rings. The Morgan fingerprint density at radius 3 is 2.24 bits per heavy atom. The molecule has 0 aromatic heterocycles. The predicted octanol–water partition coefficient (Wildman–Crippen LogP) is 2.40. The summed E-state index contributed by atoms with van der Waals surface area (Å²) in [5.41, 5.74) is 1.87. The number of carbonyl (C=O) groups excluding carboxylic acids is 2.